The average Bonchev–Trinajstić information content (AvgIpc) is 3.06. The minimum Gasteiger partial charge on any atom is -0.496 e. The van der Waals surface area contributed by atoms with Crippen molar-refractivity contribution in [2.24, 2.45) is 0 Å². The summed E-state index contributed by atoms with van der Waals surface area (Å²) in [6.07, 6.45) is 1.35. The van der Waals surface area contributed by atoms with Crippen LogP contribution in [-0.4, -0.2) is 28.0 Å². The molecular formula is C21H20ClF2N3O2. The van der Waals surface area contributed by atoms with Gasteiger partial charge in [-0.15, -0.1) is 0 Å². The number of nitrogens with zero attached hydrogens (tertiary/aromatic N) is 2. The highest BCUT2D eigenvalue weighted by atomic mass is 35.5. The Morgan fingerprint density at radius 2 is 2.03 bits per heavy atom. The molecule has 0 bridgehead atoms. The number of methoxy groups -OCH3 is 1. The van der Waals surface area contributed by atoms with Crippen LogP contribution in [0.1, 0.15) is 35.8 Å². The van der Waals surface area contributed by atoms with E-state index in [1.54, 1.807) is 31.5 Å². The SMILES string of the molecule is COc1cc(OCc2ccc(C)nc2)ccc1-c1nc(C2CC(F)(F)C2)[nH]c1Cl. The molecule has 1 N–H and O–H groups in total. The van der Waals surface area contributed by atoms with Gasteiger partial charge in [0.2, 0.25) is 5.92 Å². The molecule has 0 saturated heterocycles. The van der Waals surface area contributed by atoms with Crippen LogP contribution in [0.25, 0.3) is 11.3 Å². The summed E-state index contributed by atoms with van der Waals surface area (Å²) in [7, 11) is 1.54. The predicted molar refractivity (Wildman–Crippen MR) is 106 cm³/mol. The quantitative estimate of drug-likeness (QED) is 0.570. The third-order valence-electron chi connectivity index (χ3n) is 4.96. The maximum absolute atomic E-state index is 13.2. The first-order valence-electron chi connectivity index (χ1n) is 9.20. The molecule has 1 aliphatic carbocycles. The van der Waals surface area contributed by atoms with E-state index in [2.05, 4.69) is 15.0 Å². The fraction of sp³-hybridized carbons (Fsp3) is 0.333. The number of ether oxygens (including phenoxy) is 2. The van der Waals surface area contributed by atoms with Crippen molar-refractivity contribution in [2.45, 2.75) is 38.2 Å². The van der Waals surface area contributed by atoms with Gasteiger partial charge in [0.05, 0.1) is 7.11 Å². The number of aryl methyl sites for hydroxylation is 1. The Bertz CT molecular complexity index is 1010. The number of imidazole rings is 1. The van der Waals surface area contributed by atoms with Crippen LogP contribution in [0.15, 0.2) is 36.5 Å². The smallest absolute Gasteiger partial charge is 0.249 e. The summed E-state index contributed by atoms with van der Waals surface area (Å²) >= 11 is 6.30. The Hall–Kier alpha value is -2.67. The number of nitrogens with one attached hydrogen (secondary N) is 1. The average molecular weight is 420 g/mol. The van der Waals surface area contributed by atoms with Crippen molar-refractivity contribution in [1.29, 1.82) is 0 Å². The maximum Gasteiger partial charge on any atom is 0.249 e. The number of H-pyrrole nitrogens is 1. The van der Waals surface area contributed by atoms with Crippen molar-refractivity contribution in [1.82, 2.24) is 15.0 Å². The molecule has 0 aliphatic heterocycles. The minimum atomic E-state index is -2.62. The van der Waals surface area contributed by atoms with Crippen LogP contribution in [-0.2, 0) is 6.61 Å². The van der Waals surface area contributed by atoms with Gasteiger partial charge in [0.15, 0.2) is 0 Å². The molecule has 152 valence electrons. The summed E-state index contributed by atoms with van der Waals surface area (Å²) in [5.74, 6) is -1.30. The van der Waals surface area contributed by atoms with Gasteiger partial charge < -0.3 is 14.5 Å². The lowest BCUT2D eigenvalue weighted by atomic mass is 9.81. The second kappa shape index (κ2) is 7.63. The van der Waals surface area contributed by atoms with Gasteiger partial charge in [-0.3, -0.25) is 4.98 Å². The van der Waals surface area contributed by atoms with E-state index >= 15 is 0 Å². The molecule has 0 spiro atoms. The van der Waals surface area contributed by atoms with Gasteiger partial charge in [-0.05, 0) is 25.1 Å². The van der Waals surface area contributed by atoms with Crippen LogP contribution in [0.3, 0.4) is 0 Å². The number of aromatic nitrogens is 3. The summed E-state index contributed by atoms with van der Waals surface area (Å²) < 4.78 is 37.6. The van der Waals surface area contributed by atoms with Crippen LogP contribution in [0.4, 0.5) is 8.78 Å². The summed E-state index contributed by atoms with van der Waals surface area (Å²) in [5, 5.41) is 0.299. The molecule has 1 aromatic carbocycles. The summed E-state index contributed by atoms with van der Waals surface area (Å²) in [6.45, 7) is 2.30. The zero-order valence-corrected chi connectivity index (χ0v) is 16.8. The highest BCUT2D eigenvalue weighted by Crippen LogP contribution is 2.48. The number of alkyl halides is 2. The van der Waals surface area contributed by atoms with E-state index in [4.69, 9.17) is 21.1 Å². The zero-order valence-electron chi connectivity index (χ0n) is 16.0. The number of halogens is 3. The van der Waals surface area contributed by atoms with Crippen LogP contribution in [0, 0.1) is 6.92 Å². The fourth-order valence-electron chi connectivity index (χ4n) is 3.30. The molecule has 1 saturated carbocycles. The first-order valence-corrected chi connectivity index (χ1v) is 9.58. The number of pyridine rings is 1. The molecule has 0 radical (unpaired) electrons. The van der Waals surface area contributed by atoms with Crippen LogP contribution in [0.2, 0.25) is 5.15 Å². The monoisotopic (exact) mass is 419 g/mol. The number of aromatic amines is 1. The first kappa shape index (κ1) is 19.6. The molecule has 29 heavy (non-hydrogen) atoms. The Morgan fingerprint density at radius 1 is 1.24 bits per heavy atom. The van der Waals surface area contributed by atoms with Gasteiger partial charge in [0, 0.05) is 47.8 Å². The standard InChI is InChI=1S/C21H20ClF2N3O2/c1-12-3-4-13(10-25-12)11-29-15-5-6-16(17(7-15)28-2)18-19(22)27-20(26-18)14-8-21(23,24)9-14/h3-7,10,14H,8-9,11H2,1-2H3,(H,26,27). The second-order valence-electron chi connectivity index (χ2n) is 7.20. The molecule has 4 rings (SSSR count). The normalized spacial score (nSPS) is 15.8. The molecular weight excluding hydrogens is 400 g/mol. The Morgan fingerprint density at radius 3 is 2.69 bits per heavy atom. The molecule has 2 heterocycles. The van der Waals surface area contributed by atoms with Crippen molar-refractivity contribution in [3.05, 3.63) is 58.8 Å². The molecule has 2 aromatic heterocycles. The van der Waals surface area contributed by atoms with Gasteiger partial charge in [0.1, 0.15) is 34.8 Å². The largest absolute Gasteiger partial charge is 0.496 e. The highest BCUT2D eigenvalue weighted by Gasteiger charge is 2.47. The number of benzene rings is 1. The van der Waals surface area contributed by atoms with Gasteiger partial charge >= 0.3 is 0 Å². The minimum absolute atomic E-state index is 0.214. The summed E-state index contributed by atoms with van der Waals surface area (Å²) in [4.78, 5) is 11.6. The zero-order chi connectivity index (χ0) is 20.6. The predicted octanol–water partition coefficient (Wildman–Crippen LogP) is 5.53. The fourth-order valence-corrected chi connectivity index (χ4v) is 3.54. The van der Waals surface area contributed by atoms with E-state index in [1.807, 2.05) is 19.1 Å². The molecule has 1 fully saturated rings. The van der Waals surface area contributed by atoms with E-state index in [0.29, 0.717) is 40.3 Å². The van der Waals surface area contributed by atoms with Crippen molar-refractivity contribution in [2.75, 3.05) is 7.11 Å². The lowest BCUT2D eigenvalue weighted by Crippen LogP contribution is -2.34. The van der Waals surface area contributed by atoms with Crippen LogP contribution < -0.4 is 9.47 Å². The van der Waals surface area contributed by atoms with E-state index < -0.39 is 5.92 Å². The third-order valence-corrected chi connectivity index (χ3v) is 5.23. The van der Waals surface area contributed by atoms with E-state index in [0.717, 1.165) is 11.3 Å². The van der Waals surface area contributed by atoms with Crippen molar-refractivity contribution in [3.8, 4) is 22.8 Å². The lowest BCUT2D eigenvalue weighted by molar-refractivity contribution is -0.0883. The number of hydrogen-bond acceptors (Lipinski definition) is 4. The number of hydrogen-bond donors (Lipinski definition) is 1. The molecule has 0 unspecified atom stereocenters. The van der Waals surface area contributed by atoms with Crippen LogP contribution in [0.5, 0.6) is 11.5 Å². The molecule has 0 amide bonds. The van der Waals surface area contributed by atoms with Gasteiger partial charge in [-0.25, -0.2) is 13.8 Å². The molecule has 1 aliphatic rings. The number of rotatable bonds is 6. The lowest BCUT2D eigenvalue weighted by Gasteiger charge is -2.33. The molecule has 3 aromatic rings. The summed E-state index contributed by atoms with van der Waals surface area (Å²) in [5.41, 5.74) is 3.04. The van der Waals surface area contributed by atoms with Crippen molar-refractivity contribution >= 4 is 11.6 Å². The maximum atomic E-state index is 13.2. The van der Waals surface area contributed by atoms with Crippen LogP contribution >= 0.6 is 11.6 Å². The molecule has 0 atom stereocenters. The Balaban J connectivity index is 1.52. The van der Waals surface area contributed by atoms with E-state index in [9.17, 15) is 8.78 Å². The highest BCUT2D eigenvalue weighted by molar-refractivity contribution is 6.32. The first-order chi connectivity index (χ1) is 13.8. The topological polar surface area (TPSA) is 60.0 Å². The third kappa shape index (κ3) is 4.19. The summed E-state index contributed by atoms with van der Waals surface area (Å²) in [6, 6.07) is 9.23. The van der Waals surface area contributed by atoms with Gasteiger partial charge in [0.25, 0.3) is 0 Å². The van der Waals surface area contributed by atoms with Crippen molar-refractivity contribution in [3.63, 3.8) is 0 Å². The van der Waals surface area contributed by atoms with E-state index in [-0.39, 0.29) is 18.8 Å². The van der Waals surface area contributed by atoms with E-state index in [1.165, 1.54) is 0 Å². The Kier molecular flexibility index (Phi) is 5.17. The van der Waals surface area contributed by atoms with Gasteiger partial charge in [-0.2, -0.15) is 0 Å². The second-order valence-corrected chi connectivity index (χ2v) is 7.58. The molecule has 5 nitrogen and oxygen atoms in total. The van der Waals surface area contributed by atoms with Crippen molar-refractivity contribution < 1.29 is 18.3 Å². The van der Waals surface area contributed by atoms with Gasteiger partial charge in [-0.1, -0.05) is 17.7 Å². The Labute approximate surface area is 172 Å². The molecule has 8 heteroatoms.